The van der Waals surface area contributed by atoms with Gasteiger partial charge in [0.25, 0.3) is 5.69 Å². The third kappa shape index (κ3) is 5.08. The third-order valence-electron chi connectivity index (χ3n) is 3.67. The number of rotatable bonds is 7. The number of carbonyl (C=O) groups is 1. The Morgan fingerprint density at radius 2 is 1.93 bits per heavy atom. The van der Waals surface area contributed by atoms with Gasteiger partial charge in [0.15, 0.2) is 18.1 Å². The first-order valence-electron chi connectivity index (χ1n) is 7.83. The minimum absolute atomic E-state index is 0.0593. The standard InChI is InChI=1S/C19H15BrN2O6/c1-26-17-8-13(16(20)9-18(17)28-11-19(23)27-2)7-14(10-21)12-3-5-15(6-4-12)22(24)25/h3-9H,11H2,1-2H3/b14-7-. The number of methoxy groups -OCH3 is 2. The fourth-order valence-corrected chi connectivity index (χ4v) is 2.66. The average Bonchev–Trinajstić information content (AvgIpc) is 2.71. The molecule has 0 saturated heterocycles. The molecule has 2 aromatic carbocycles. The van der Waals surface area contributed by atoms with Crippen molar-refractivity contribution in [1.82, 2.24) is 0 Å². The molecule has 0 spiro atoms. The first-order chi connectivity index (χ1) is 13.4. The number of hydrogen-bond donors (Lipinski definition) is 0. The molecule has 8 nitrogen and oxygen atoms in total. The molecule has 2 aromatic rings. The van der Waals surface area contributed by atoms with E-state index in [2.05, 4.69) is 26.7 Å². The van der Waals surface area contributed by atoms with Crippen molar-refractivity contribution >= 4 is 39.2 Å². The van der Waals surface area contributed by atoms with Gasteiger partial charge in [-0.3, -0.25) is 10.1 Å². The maximum absolute atomic E-state index is 11.3. The van der Waals surface area contributed by atoms with Gasteiger partial charge in [-0.15, -0.1) is 0 Å². The monoisotopic (exact) mass is 446 g/mol. The Morgan fingerprint density at radius 1 is 1.25 bits per heavy atom. The first kappa shape index (κ1) is 20.9. The van der Waals surface area contributed by atoms with Crippen LogP contribution in [0.4, 0.5) is 5.69 Å². The van der Waals surface area contributed by atoms with E-state index in [1.807, 2.05) is 0 Å². The number of non-ortho nitro benzene ring substituents is 1. The van der Waals surface area contributed by atoms with Crippen LogP contribution in [-0.4, -0.2) is 31.7 Å². The molecule has 0 saturated carbocycles. The molecule has 0 heterocycles. The molecule has 0 radical (unpaired) electrons. The van der Waals surface area contributed by atoms with Crippen molar-refractivity contribution < 1.29 is 23.9 Å². The number of carbonyl (C=O) groups excluding carboxylic acids is 1. The lowest BCUT2D eigenvalue weighted by atomic mass is 10.0. The van der Waals surface area contributed by atoms with E-state index in [1.54, 1.807) is 18.2 Å². The second-order valence-corrected chi connectivity index (χ2v) is 6.22. The van der Waals surface area contributed by atoms with Crippen LogP contribution < -0.4 is 9.47 Å². The van der Waals surface area contributed by atoms with Gasteiger partial charge in [0.2, 0.25) is 0 Å². The number of benzene rings is 2. The topological polar surface area (TPSA) is 112 Å². The molecule has 0 bridgehead atoms. The summed E-state index contributed by atoms with van der Waals surface area (Å²) in [5.74, 6) is 0.150. The summed E-state index contributed by atoms with van der Waals surface area (Å²) in [4.78, 5) is 21.5. The predicted molar refractivity (Wildman–Crippen MR) is 105 cm³/mol. The average molecular weight is 447 g/mol. The lowest BCUT2D eigenvalue weighted by Crippen LogP contribution is -2.13. The second kappa shape index (κ2) is 9.53. The highest BCUT2D eigenvalue weighted by atomic mass is 79.9. The Hall–Kier alpha value is -3.38. The first-order valence-corrected chi connectivity index (χ1v) is 8.62. The van der Waals surface area contributed by atoms with Gasteiger partial charge in [-0.05, 0) is 41.5 Å². The van der Waals surface area contributed by atoms with E-state index in [4.69, 9.17) is 9.47 Å². The normalized spacial score (nSPS) is 10.7. The highest BCUT2D eigenvalue weighted by molar-refractivity contribution is 9.10. The molecule has 0 unspecified atom stereocenters. The molecule has 0 atom stereocenters. The van der Waals surface area contributed by atoms with Crippen molar-refractivity contribution in [2.75, 3.05) is 20.8 Å². The number of nitro groups is 1. The van der Waals surface area contributed by atoms with Crippen molar-refractivity contribution in [2.24, 2.45) is 0 Å². The van der Waals surface area contributed by atoms with Crippen LogP contribution in [0.2, 0.25) is 0 Å². The molecule has 0 aromatic heterocycles. The lowest BCUT2D eigenvalue weighted by molar-refractivity contribution is -0.384. The molecule has 0 aliphatic rings. The largest absolute Gasteiger partial charge is 0.493 e. The molecule has 2 rings (SSSR count). The zero-order chi connectivity index (χ0) is 20.7. The number of nitrogens with zero attached hydrogens (tertiary/aromatic N) is 2. The highest BCUT2D eigenvalue weighted by Crippen LogP contribution is 2.35. The Bertz CT molecular complexity index is 964. The van der Waals surface area contributed by atoms with Crippen LogP contribution in [-0.2, 0) is 9.53 Å². The second-order valence-electron chi connectivity index (χ2n) is 5.36. The fraction of sp³-hybridized carbons (Fsp3) is 0.158. The van der Waals surface area contributed by atoms with Gasteiger partial charge in [-0.25, -0.2) is 4.79 Å². The molecule has 0 aliphatic carbocycles. The summed E-state index contributed by atoms with van der Waals surface area (Å²) >= 11 is 3.40. The van der Waals surface area contributed by atoms with Crippen molar-refractivity contribution in [3.63, 3.8) is 0 Å². The van der Waals surface area contributed by atoms with Gasteiger partial charge >= 0.3 is 5.97 Å². The Kier molecular flexibility index (Phi) is 7.12. The summed E-state index contributed by atoms with van der Waals surface area (Å²) in [6.45, 7) is -0.277. The van der Waals surface area contributed by atoms with Gasteiger partial charge in [0, 0.05) is 16.6 Å². The summed E-state index contributed by atoms with van der Waals surface area (Å²) in [6, 6.07) is 11.0. The molecule has 9 heteroatoms. The minimum atomic E-state index is -0.535. The van der Waals surface area contributed by atoms with Crippen molar-refractivity contribution in [3.05, 3.63) is 62.1 Å². The molecule has 0 N–H and O–H groups in total. The quantitative estimate of drug-likeness (QED) is 0.208. The van der Waals surface area contributed by atoms with E-state index in [9.17, 15) is 20.2 Å². The van der Waals surface area contributed by atoms with Gasteiger partial charge in [0.1, 0.15) is 0 Å². The molecule has 28 heavy (non-hydrogen) atoms. The van der Waals surface area contributed by atoms with E-state index >= 15 is 0 Å². The van der Waals surface area contributed by atoms with Crippen molar-refractivity contribution in [2.45, 2.75) is 0 Å². The molecule has 0 aliphatic heterocycles. The summed E-state index contributed by atoms with van der Waals surface area (Å²) in [6.07, 6.45) is 1.61. The number of esters is 1. The summed E-state index contributed by atoms with van der Waals surface area (Å²) < 4.78 is 15.8. The summed E-state index contributed by atoms with van der Waals surface area (Å²) in [5, 5.41) is 20.3. The number of hydrogen-bond acceptors (Lipinski definition) is 7. The Balaban J connectivity index is 2.38. The molecule has 0 fully saturated rings. The van der Waals surface area contributed by atoms with Crippen LogP contribution in [0.25, 0.3) is 11.6 Å². The lowest BCUT2D eigenvalue weighted by Gasteiger charge is -2.12. The maximum atomic E-state index is 11.3. The Morgan fingerprint density at radius 3 is 2.46 bits per heavy atom. The smallest absolute Gasteiger partial charge is 0.343 e. The van der Waals surface area contributed by atoms with Crippen LogP contribution >= 0.6 is 15.9 Å². The minimum Gasteiger partial charge on any atom is -0.493 e. The number of halogens is 1. The van der Waals surface area contributed by atoms with Crippen molar-refractivity contribution in [1.29, 1.82) is 5.26 Å². The summed E-state index contributed by atoms with van der Waals surface area (Å²) in [7, 11) is 2.71. The third-order valence-corrected chi connectivity index (χ3v) is 4.35. The number of nitro benzene ring substituents is 1. The van der Waals surface area contributed by atoms with Crippen LogP contribution in [0.3, 0.4) is 0 Å². The fourth-order valence-electron chi connectivity index (χ4n) is 2.23. The van der Waals surface area contributed by atoms with Gasteiger partial charge in [0.05, 0.1) is 30.8 Å². The zero-order valence-corrected chi connectivity index (χ0v) is 16.6. The predicted octanol–water partition coefficient (Wildman–Crippen LogP) is 3.98. The SMILES string of the molecule is COC(=O)COc1cc(Br)c(/C=C(/C#N)c2ccc([N+](=O)[O-])cc2)cc1OC. The van der Waals surface area contributed by atoms with Gasteiger partial charge in [-0.1, -0.05) is 15.9 Å². The van der Waals surface area contributed by atoms with Crippen molar-refractivity contribution in [3.8, 4) is 17.6 Å². The number of allylic oxidation sites excluding steroid dienone is 1. The van der Waals surface area contributed by atoms with Gasteiger partial charge < -0.3 is 14.2 Å². The summed E-state index contributed by atoms with van der Waals surface area (Å²) in [5.41, 5.74) is 1.40. The maximum Gasteiger partial charge on any atom is 0.343 e. The number of nitriles is 1. The van der Waals surface area contributed by atoms with Crippen LogP contribution in [0.5, 0.6) is 11.5 Å². The van der Waals surface area contributed by atoms with E-state index in [0.717, 1.165) is 0 Å². The van der Waals surface area contributed by atoms with E-state index in [1.165, 1.54) is 38.5 Å². The van der Waals surface area contributed by atoms with Crippen LogP contribution in [0.15, 0.2) is 40.9 Å². The molecular weight excluding hydrogens is 432 g/mol. The molecule has 144 valence electrons. The number of ether oxygens (including phenoxy) is 3. The van der Waals surface area contributed by atoms with Gasteiger partial charge in [-0.2, -0.15) is 5.26 Å². The van der Waals surface area contributed by atoms with E-state index in [0.29, 0.717) is 32.7 Å². The van der Waals surface area contributed by atoms with E-state index in [-0.39, 0.29) is 12.3 Å². The Labute approximate surface area is 169 Å². The molecule has 0 amide bonds. The van der Waals surface area contributed by atoms with Crippen LogP contribution in [0.1, 0.15) is 11.1 Å². The highest BCUT2D eigenvalue weighted by Gasteiger charge is 2.13. The van der Waals surface area contributed by atoms with E-state index < -0.39 is 10.9 Å². The zero-order valence-electron chi connectivity index (χ0n) is 15.0. The molecular formula is C19H15BrN2O6. The van der Waals surface area contributed by atoms with Crippen LogP contribution in [0, 0.1) is 21.4 Å².